The van der Waals surface area contributed by atoms with Gasteiger partial charge in [-0.05, 0) is 6.92 Å². The molecule has 3 rings (SSSR count). The number of rotatable bonds is 5. The molecule has 0 aromatic carbocycles. The van der Waals surface area contributed by atoms with E-state index in [0.29, 0.717) is 11.3 Å². The molecule has 0 spiro atoms. The number of carbonyl (C=O) groups is 1. The number of alkyl halides is 1. The van der Waals surface area contributed by atoms with Gasteiger partial charge in [-0.1, -0.05) is 13.8 Å². The summed E-state index contributed by atoms with van der Waals surface area (Å²) in [5, 5.41) is 24.9. The molecule has 0 radical (unpaired) electrons. The zero-order chi connectivity index (χ0) is 19.9. The van der Waals surface area contributed by atoms with Gasteiger partial charge in [0.2, 0.25) is 11.9 Å². The molecule has 4 atom stereocenters. The number of carbonyl (C=O) groups excluding carboxylic acids is 1. The van der Waals surface area contributed by atoms with Crippen molar-refractivity contribution in [1.29, 1.82) is 0 Å². The van der Waals surface area contributed by atoms with Crippen LogP contribution in [0.4, 0.5) is 16.2 Å². The lowest BCUT2D eigenvalue weighted by Crippen LogP contribution is -2.40. The van der Waals surface area contributed by atoms with E-state index in [2.05, 4.69) is 25.6 Å². The lowest BCUT2D eigenvalue weighted by atomic mass is 9.98. The van der Waals surface area contributed by atoms with Gasteiger partial charge < -0.3 is 20.3 Å². The third kappa shape index (κ3) is 3.22. The summed E-state index contributed by atoms with van der Waals surface area (Å²) in [6, 6.07) is 0. The summed E-state index contributed by atoms with van der Waals surface area (Å²) in [4.78, 5) is 24.7. The van der Waals surface area contributed by atoms with Crippen molar-refractivity contribution in [3.8, 4) is 0 Å². The molecule has 4 N–H and O–H groups in total. The van der Waals surface area contributed by atoms with E-state index in [1.807, 2.05) is 0 Å². The van der Waals surface area contributed by atoms with Crippen molar-refractivity contribution in [2.75, 3.05) is 24.3 Å². The van der Waals surface area contributed by atoms with Gasteiger partial charge in [-0.3, -0.25) is 14.7 Å². The highest BCUT2D eigenvalue weighted by Crippen LogP contribution is 2.42. The number of nitrogens with zero attached hydrogens (tertiary/aromatic N) is 4. The van der Waals surface area contributed by atoms with Crippen LogP contribution in [0.3, 0.4) is 0 Å². The number of ether oxygens (including phenoxy) is 1. The summed E-state index contributed by atoms with van der Waals surface area (Å²) in [6.07, 6.45) is -2.53. The number of nitrogens with one attached hydrogen (secondary N) is 2. The fraction of sp³-hybridized carbons (Fsp3) is 0.625. The zero-order valence-electron chi connectivity index (χ0n) is 15.5. The molecule has 0 unspecified atom stereocenters. The van der Waals surface area contributed by atoms with E-state index in [9.17, 15) is 15.0 Å². The maximum Gasteiger partial charge on any atom is 0.233 e. The van der Waals surface area contributed by atoms with Gasteiger partial charge in [0.15, 0.2) is 28.9 Å². The molecule has 11 heteroatoms. The number of aliphatic hydroxyl groups excluding tert-OH is 2. The van der Waals surface area contributed by atoms with E-state index in [0.717, 1.165) is 0 Å². The molecule has 3 heterocycles. The zero-order valence-corrected chi connectivity index (χ0v) is 15.5. The molecular formula is C16H23FN6O4. The normalized spacial score (nSPS) is 28.1. The number of fused-ring (bicyclic) bond motifs is 1. The monoisotopic (exact) mass is 382 g/mol. The number of aromatic nitrogens is 4. The minimum absolute atomic E-state index is 0.0325. The molecule has 1 amide bonds. The van der Waals surface area contributed by atoms with Gasteiger partial charge in [0.05, 0.1) is 12.9 Å². The molecule has 0 bridgehead atoms. The van der Waals surface area contributed by atoms with Crippen LogP contribution < -0.4 is 10.6 Å². The van der Waals surface area contributed by atoms with Gasteiger partial charge in [0.1, 0.15) is 12.2 Å². The van der Waals surface area contributed by atoms with Crippen LogP contribution in [0.2, 0.25) is 0 Å². The van der Waals surface area contributed by atoms with Crippen LogP contribution in [0.15, 0.2) is 6.33 Å². The van der Waals surface area contributed by atoms with Crippen LogP contribution in [-0.2, 0) is 9.53 Å². The summed E-state index contributed by atoms with van der Waals surface area (Å²) in [7, 11) is 1.63. The van der Waals surface area contributed by atoms with Crippen LogP contribution in [0.1, 0.15) is 27.0 Å². The molecule has 1 aliphatic rings. The SMILES string of the molecule is CNc1nc(NC(=O)C(C)C)nc2c1ncn2[C@@H]1O[C@H](CO)[C@@H](O)[C@@]1(C)F. The van der Waals surface area contributed by atoms with Crippen molar-refractivity contribution < 1.29 is 24.1 Å². The van der Waals surface area contributed by atoms with Crippen molar-refractivity contribution in [2.45, 2.75) is 44.9 Å². The smallest absolute Gasteiger partial charge is 0.233 e. The first-order valence-corrected chi connectivity index (χ1v) is 8.57. The second-order valence-electron chi connectivity index (χ2n) is 6.92. The molecule has 1 aliphatic heterocycles. The van der Waals surface area contributed by atoms with Crippen LogP contribution in [0.25, 0.3) is 11.2 Å². The van der Waals surface area contributed by atoms with Gasteiger partial charge in [0.25, 0.3) is 0 Å². The van der Waals surface area contributed by atoms with Crippen LogP contribution >= 0.6 is 0 Å². The van der Waals surface area contributed by atoms with E-state index in [1.54, 1.807) is 20.9 Å². The van der Waals surface area contributed by atoms with Crippen LogP contribution in [-0.4, -0.2) is 67.2 Å². The number of amides is 1. The van der Waals surface area contributed by atoms with Crippen molar-refractivity contribution in [2.24, 2.45) is 5.92 Å². The standard InChI is InChI=1S/C16H23FN6O4/c1-7(2)13(26)22-15-20-11(18-4)9-12(21-15)23(6-19-9)14-16(3,17)10(25)8(5-24)27-14/h6-8,10,14,24-25H,5H2,1-4H3,(H2,18,20,21,22,26)/t8-,10-,14-,16-/m1/s1. The van der Waals surface area contributed by atoms with E-state index in [1.165, 1.54) is 17.8 Å². The van der Waals surface area contributed by atoms with Gasteiger partial charge in [-0.25, -0.2) is 9.37 Å². The third-order valence-corrected chi connectivity index (χ3v) is 4.57. The van der Waals surface area contributed by atoms with E-state index < -0.39 is 30.7 Å². The summed E-state index contributed by atoms with van der Waals surface area (Å²) < 4.78 is 22.0. The summed E-state index contributed by atoms with van der Waals surface area (Å²) >= 11 is 0. The Balaban J connectivity index is 2.08. The van der Waals surface area contributed by atoms with Crippen molar-refractivity contribution in [3.63, 3.8) is 0 Å². The largest absolute Gasteiger partial charge is 0.394 e. The number of aliphatic hydroxyl groups is 2. The predicted molar refractivity (Wildman–Crippen MR) is 94.9 cm³/mol. The van der Waals surface area contributed by atoms with Crippen molar-refractivity contribution in [3.05, 3.63) is 6.33 Å². The van der Waals surface area contributed by atoms with Gasteiger partial charge in [0, 0.05) is 13.0 Å². The second-order valence-corrected chi connectivity index (χ2v) is 6.92. The van der Waals surface area contributed by atoms with E-state index in [-0.39, 0.29) is 23.4 Å². The average Bonchev–Trinajstić information content (AvgIpc) is 3.13. The highest BCUT2D eigenvalue weighted by Gasteiger charge is 2.55. The molecule has 0 aliphatic carbocycles. The quantitative estimate of drug-likeness (QED) is 0.585. The number of imidazole rings is 1. The van der Waals surface area contributed by atoms with Gasteiger partial charge >= 0.3 is 0 Å². The number of hydrogen-bond donors (Lipinski definition) is 4. The van der Waals surface area contributed by atoms with Crippen LogP contribution in [0.5, 0.6) is 0 Å². The second kappa shape index (κ2) is 6.98. The molecule has 2 aromatic rings. The minimum Gasteiger partial charge on any atom is -0.394 e. The molecule has 1 fully saturated rings. The molecule has 27 heavy (non-hydrogen) atoms. The van der Waals surface area contributed by atoms with Crippen LogP contribution in [0, 0.1) is 5.92 Å². The highest BCUT2D eigenvalue weighted by molar-refractivity contribution is 5.92. The molecule has 1 saturated heterocycles. The maximum absolute atomic E-state index is 15.1. The third-order valence-electron chi connectivity index (χ3n) is 4.57. The minimum atomic E-state index is -2.19. The Bertz CT molecular complexity index is 855. The number of anilines is 2. The summed E-state index contributed by atoms with van der Waals surface area (Å²) in [5.41, 5.74) is -1.62. The molecule has 0 saturated carbocycles. The fourth-order valence-corrected chi connectivity index (χ4v) is 2.94. The Kier molecular flexibility index (Phi) is 5.02. The topological polar surface area (TPSA) is 134 Å². The Morgan fingerprint density at radius 3 is 2.74 bits per heavy atom. The lowest BCUT2D eigenvalue weighted by Gasteiger charge is -2.24. The molecule has 10 nitrogen and oxygen atoms in total. The molecular weight excluding hydrogens is 359 g/mol. The van der Waals surface area contributed by atoms with Crippen molar-refractivity contribution >= 4 is 28.8 Å². The van der Waals surface area contributed by atoms with Crippen molar-refractivity contribution in [1.82, 2.24) is 19.5 Å². The summed E-state index contributed by atoms with van der Waals surface area (Å²) in [6.45, 7) is 4.12. The first-order valence-electron chi connectivity index (χ1n) is 8.57. The Morgan fingerprint density at radius 1 is 1.48 bits per heavy atom. The Morgan fingerprint density at radius 2 is 2.19 bits per heavy atom. The Hall–Kier alpha value is -2.37. The van der Waals surface area contributed by atoms with Gasteiger partial charge in [-0.15, -0.1) is 0 Å². The fourth-order valence-electron chi connectivity index (χ4n) is 2.94. The highest BCUT2D eigenvalue weighted by atomic mass is 19.1. The number of halogens is 1. The van der Waals surface area contributed by atoms with Gasteiger partial charge in [-0.2, -0.15) is 9.97 Å². The van der Waals surface area contributed by atoms with E-state index >= 15 is 4.39 Å². The molecule has 148 valence electrons. The summed E-state index contributed by atoms with van der Waals surface area (Å²) in [5.74, 6) is -0.175. The first-order chi connectivity index (χ1) is 12.7. The lowest BCUT2D eigenvalue weighted by molar-refractivity contribution is -0.118. The predicted octanol–water partition coefficient (Wildman–Crippen LogP) is 0.441. The van der Waals surface area contributed by atoms with E-state index in [4.69, 9.17) is 4.74 Å². The first kappa shape index (κ1) is 19.4. The maximum atomic E-state index is 15.1. The molecule has 2 aromatic heterocycles. The average molecular weight is 382 g/mol. The Labute approximate surface area is 154 Å². The number of hydrogen-bond acceptors (Lipinski definition) is 8.